The minimum absolute atomic E-state index is 0.0454. The van der Waals surface area contributed by atoms with E-state index in [2.05, 4.69) is 28.7 Å². The van der Waals surface area contributed by atoms with E-state index in [0.717, 1.165) is 46.3 Å². The summed E-state index contributed by atoms with van der Waals surface area (Å²) in [6, 6.07) is 8.62. The lowest BCUT2D eigenvalue weighted by Gasteiger charge is -2.43. The minimum Gasteiger partial charge on any atom is -0.393 e. The second kappa shape index (κ2) is 7.50. The number of nitrogens with zero attached hydrogens (tertiary/aromatic N) is 2. The van der Waals surface area contributed by atoms with Crippen molar-refractivity contribution in [1.82, 2.24) is 14.9 Å². The van der Waals surface area contributed by atoms with E-state index in [4.69, 9.17) is 0 Å². The molecule has 0 radical (unpaired) electrons. The lowest BCUT2D eigenvalue weighted by Crippen LogP contribution is -2.49. The van der Waals surface area contributed by atoms with Crippen molar-refractivity contribution in [1.29, 1.82) is 0 Å². The molecule has 4 rings (SSSR count). The van der Waals surface area contributed by atoms with Gasteiger partial charge in [-0.05, 0) is 62.1 Å². The molecule has 0 spiro atoms. The van der Waals surface area contributed by atoms with Gasteiger partial charge in [-0.25, -0.2) is 8.78 Å². The number of nitrogens with one attached hydrogen (secondary N) is 1. The van der Waals surface area contributed by atoms with E-state index in [1.165, 1.54) is 19.1 Å². The second-order valence-corrected chi connectivity index (χ2v) is 8.34. The number of aryl methyl sites for hydroxylation is 1. The average Bonchev–Trinajstić information content (AvgIpc) is 3.05. The van der Waals surface area contributed by atoms with Crippen LogP contribution in [-0.2, 0) is 12.8 Å². The monoisotopic (exact) mass is 399 g/mol. The quantitative estimate of drug-likeness (QED) is 0.672. The molecule has 0 amide bonds. The van der Waals surface area contributed by atoms with Crippen molar-refractivity contribution in [2.45, 2.75) is 51.4 Å². The number of H-pyrrole nitrogens is 1. The predicted molar refractivity (Wildman–Crippen MR) is 110 cm³/mol. The summed E-state index contributed by atoms with van der Waals surface area (Å²) < 4.78 is 28.7. The van der Waals surface area contributed by atoms with Gasteiger partial charge >= 0.3 is 0 Å². The number of hydrogen-bond donors (Lipinski definition) is 2. The molecule has 3 heterocycles. The van der Waals surface area contributed by atoms with E-state index in [-0.39, 0.29) is 24.4 Å². The van der Waals surface area contributed by atoms with Gasteiger partial charge in [0, 0.05) is 41.1 Å². The number of aliphatic hydroxyl groups excluding tert-OH is 1. The Labute approximate surface area is 169 Å². The highest BCUT2D eigenvalue weighted by molar-refractivity contribution is 5.85. The third-order valence-electron chi connectivity index (χ3n) is 5.94. The van der Waals surface area contributed by atoms with Crippen LogP contribution in [0.3, 0.4) is 0 Å². The molecule has 0 bridgehead atoms. The Balaban J connectivity index is 1.87. The van der Waals surface area contributed by atoms with Crippen LogP contribution in [0.1, 0.15) is 49.3 Å². The Kier molecular flexibility index (Phi) is 5.17. The Morgan fingerprint density at radius 3 is 2.76 bits per heavy atom. The number of alkyl halides is 1. The number of aromatic nitrogens is 2. The molecular weight excluding hydrogens is 372 g/mol. The molecule has 3 unspecified atom stereocenters. The van der Waals surface area contributed by atoms with Crippen LogP contribution in [0, 0.1) is 5.82 Å². The summed E-state index contributed by atoms with van der Waals surface area (Å²) in [5.41, 5.74) is 3.06. The van der Waals surface area contributed by atoms with Crippen LogP contribution < -0.4 is 0 Å². The number of hydrogen-bond acceptors (Lipinski definition) is 3. The summed E-state index contributed by atoms with van der Waals surface area (Å²) in [6.45, 7) is 5.09. The first-order valence-corrected chi connectivity index (χ1v) is 10.1. The molecule has 4 nitrogen and oxygen atoms in total. The zero-order valence-electron chi connectivity index (χ0n) is 17.0. The van der Waals surface area contributed by atoms with Gasteiger partial charge in [-0.1, -0.05) is 13.0 Å². The van der Waals surface area contributed by atoms with E-state index in [1.807, 2.05) is 24.4 Å². The van der Waals surface area contributed by atoms with Gasteiger partial charge in [0.05, 0.1) is 12.6 Å². The molecule has 1 aliphatic heterocycles. The number of fused-ring (bicyclic) bond motifs is 3. The second-order valence-electron chi connectivity index (χ2n) is 8.34. The van der Waals surface area contributed by atoms with Crippen molar-refractivity contribution in [3.63, 3.8) is 0 Å². The number of pyridine rings is 1. The fraction of sp³-hybridized carbons (Fsp3) is 0.435. The Morgan fingerprint density at radius 1 is 1.31 bits per heavy atom. The Bertz CT molecular complexity index is 1010. The maximum atomic E-state index is 14.9. The maximum Gasteiger partial charge on any atom is 0.143 e. The molecule has 1 aliphatic rings. The average molecular weight is 399 g/mol. The summed E-state index contributed by atoms with van der Waals surface area (Å²) in [7, 11) is 0. The standard InChI is InChI=1S/C23H27F2N3O/c1-4-17-7-5-15(11-26-17)22-21-19(18-8-6-16(24)10-20(18)27-21)9-14(2)28(22)12-23(3,25)13-29/h5-8,10-11,14,22,27,29H,4,9,12-13H2,1-3H3. The van der Waals surface area contributed by atoms with Crippen molar-refractivity contribution in [2.24, 2.45) is 0 Å². The topological polar surface area (TPSA) is 52.2 Å². The van der Waals surface area contributed by atoms with Gasteiger partial charge in [0.15, 0.2) is 0 Å². The maximum absolute atomic E-state index is 14.9. The van der Waals surface area contributed by atoms with Crippen LogP contribution in [0.25, 0.3) is 10.9 Å². The Morgan fingerprint density at radius 2 is 2.10 bits per heavy atom. The van der Waals surface area contributed by atoms with E-state index < -0.39 is 12.3 Å². The number of benzene rings is 1. The molecule has 6 heteroatoms. The van der Waals surface area contributed by atoms with Crippen molar-refractivity contribution in [3.05, 3.63) is 64.9 Å². The van der Waals surface area contributed by atoms with Gasteiger partial charge in [-0.15, -0.1) is 0 Å². The third kappa shape index (κ3) is 3.67. The van der Waals surface area contributed by atoms with Crippen LogP contribution in [0.15, 0.2) is 36.5 Å². The first kappa shape index (κ1) is 20.0. The molecule has 0 saturated heterocycles. The Hall–Kier alpha value is -2.31. The predicted octanol–water partition coefficient (Wildman–Crippen LogP) is 4.32. The van der Waals surface area contributed by atoms with Crippen molar-refractivity contribution < 1.29 is 13.9 Å². The van der Waals surface area contributed by atoms with E-state index >= 15 is 0 Å². The molecular formula is C23H27F2N3O. The zero-order valence-corrected chi connectivity index (χ0v) is 17.0. The molecule has 1 aromatic carbocycles. The number of aromatic amines is 1. The minimum atomic E-state index is -1.72. The van der Waals surface area contributed by atoms with Gasteiger partial charge in [0.25, 0.3) is 0 Å². The largest absolute Gasteiger partial charge is 0.393 e. The molecule has 3 atom stereocenters. The number of aliphatic hydroxyl groups is 1. The summed E-state index contributed by atoms with van der Waals surface area (Å²) in [5.74, 6) is -0.289. The molecule has 154 valence electrons. The fourth-order valence-electron chi connectivity index (χ4n) is 4.38. The van der Waals surface area contributed by atoms with E-state index in [1.54, 1.807) is 0 Å². The highest BCUT2D eigenvalue weighted by atomic mass is 19.1. The number of rotatable bonds is 5. The van der Waals surface area contributed by atoms with Crippen molar-refractivity contribution in [2.75, 3.05) is 13.2 Å². The van der Waals surface area contributed by atoms with Crippen molar-refractivity contribution in [3.8, 4) is 0 Å². The molecule has 0 saturated carbocycles. The highest BCUT2D eigenvalue weighted by Crippen LogP contribution is 2.41. The summed E-state index contributed by atoms with van der Waals surface area (Å²) in [5, 5.41) is 10.5. The van der Waals surface area contributed by atoms with E-state index in [9.17, 15) is 13.9 Å². The smallest absolute Gasteiger partial charge is 0.143 e. The van der Waals surface area contributed by atoms with E-state index in [0.29, 0.717) is 0 Å². The first-order chi connectivity index (χ1) is 13.8. The van der Waals surface area contributed by atoms with Gasteiger partial charge < -0.3 is 10.1 Å². The SMILES string of the molecule is CCc1ccc(C2c3[nH]c4cc(F)ccc4c3CC(C)N2CC(C)(F)CO)cn1. The zero-order chi connectivity index (χ0) is 20.8. The highest BCUT2D eigenvalue weighted by Gasteiger charge is 2.39. The van der Waals surface area contributed by atoms with Gasteiger partial charge in [0.2, 0.25) is 0 Å². The van der Waals surface area contributed by atoms with Crippen molar-refractivity contribution >= 4 is 10.9 Å². The fourth-order valence-corrected chi connectivity index (χ4v) is 4.38. The summed E-state index contributed by atoms with van der Waals surface area (Å²) in [4.78, 5) is 10.0. The lowest BCUT2D eigenvalue weighted by molar-refractivity contribution is 0.0174. The molecule has 2 aromatic heterocycles. The molecule has 0 fully saturated rings. The normalized spacial score (nSPS) is 21.9. The molecule has 3 aromatic rings. The van der Waals surface area contributed by atoms with Crippen LogP contribution in [0.2, 0.25) is 0 Å². The summed E-state index contributed by atoms with van der Waals surface area (Å²) >= 11 is 0. The molecule has 29 heavy (non-hydrogen) atoms. The number of halogens is 2. The molecule has 0 aliphatic carbocycles. The summed E-state index contributed by atoms with van der Waals surface area (Å²) in [6.07, 6.45) is 3.41. The van der Waals surface area contributed by atoms with Crippen LogP contribution in [-0.4, -0.2) is 44.8 Å². The van der Waals surface area contributed by atoms with Crippen LogP contribution in [0.4, 0.5) is 8.78 Å². The van der Waals surface area contributed by atoms with Gasteiger partial charge in [-0.3, -0.25) is 9.88 Å². The lowest BCUT2D eigenvalue weighted by atomic mass is 9.88. The van der Waals surface area contributed by atoms with Crippen LogP contribution >= 0.6 is 0 Å². The first-order valence-electron chi connectivity index (χ1n) is 10.1. The molecule has 2 N–H and O–H groups in total. The van der Waals surface area contributed by atoms with Gasteiger partial charge in [0.1, 0.15) is 11.5 Å². The third-order valence-corrected chi connectivity index (χ3v) is 5.94. The van der Waals surface area contributed by atoms with Crippen LogP contribution in [0.5, 0.6) is 0 Å². The van der Waals surface area contributed by atoms with Gasteiger partial charge in [-0.2, -0.15) is 0 Å².